The van der Waals surface area contributed by atoms with Crippen LogP contribution in [0.15, 0.2) is 35.0 Å². The fourth-order valence-corrected chi connectivity index (χ4v) is 2.68. The van der Waals surface area contributed by atoms with Crippen molar-refractivity contribution in [2.24, 2.45) is 0 Å². The fourth-order valence-electron chi connectivity index (χ4n) is 2.49. The van der Waals surface area contributed by atoms with Crippen LogP contribution in [0.2, 0.25) is 5.02 Å². The van der Waals surface area contributed by atoms with E-state index in [9.17, 15) is 9.59 Å². The third-order valence-corrected chi connectivity index (χ3v) is 4.25. The van der Waals surface area contributed by atoms with Gasteiger partial charge in [0, 0.05) is 24.2 Å². The van der Waals surface area contributed by atoms with Gasteiger partial charge in [0.25, 0.3) is 0 Å². The normalized spacial score (nSPS) is 10.7. The highest BCUT2D eigenvalue weighted by Crippen LogP contribution is 2.20. The van der Waals surface area contributed by atoms with Gasteiger partial charge in [0.1, 0.15) is 0 Å². The number of esters is 1. The number of halogens is 1. The Morgan fingerprint density at radius 3 is 2.86 bits per heavy atom. The second-order valence-corrected chi connectivity index (χ2v) is 6.37. The Labute approximate surface area is 165 Å². The highest BCUT2D eigenvalue weighted by molar-refractivity contribution is 6.31. The van der Waals surface area contributed by atoms with Gasteiger partial charge in [-0.1, -0.05) is 16.8 Å². The number of hydrogen-bond donors (Lipinski definition) is 1. The molecule has 0 saturated heterocycles. The van der Waals surface area contributed by atoms with Crippen LogP contribution >= 0.6 is 11.6 Å². The molecule has 0 aliphatic rings. The highest BCUT2D eigenvalue weighted by atomic mass is 35.5. The number of amides is 1. The van der Waals surface area contributed by atoms with Crippen LogP contribution in [0.4, 0.5) is 0 Å². The van der Waals surface area contributed by atoms with Gasteiger partial charge in [-0.05, 0) is 36.8 Å². The van der Waals surface area contributed by atoms with E-state index in [0.29, 0.717) is 29.2 Å². The smallest absolute Gasteiger partial charge is 0.337 e. The number of ether oxygens (including phenoxy) is 1. The van der Waals surface area contributed by atoms with Gasteiger partial charge in [-0.2, -0.15) is 10.1 Å². The lowest BCUT2D eigenvalue weighted by molar-refractivity contribution is 0.0600. The molecule has 1 amide bonds. The summed E-state index contributed by atoms with van der Waals surface area (Å²) in [7, 11) is 1.30. The molecule has 28 heavy (non-hydrogen) atoms. The highest BCUT2D eigenvalue weighted by Gasteiger charge is 2.17. The summed E-state index contributed by atoms with van der Waals surface area (Å²) < 4.78 is 11.4. The van der Waals surface area contributed by atoms with Gasteiger partial charge in [0.2, 0.25) is 0 Å². The summed E-state index contributed by atoms with van der Waals surface area (Å²) in [6.45, 7) is 2.78. The number of rotatable bonds is 7. The number of hydrogen-bond acceptors (Lipinski definition) is 7. The van der Waals surface area contributed by atoms with Gasteiger partial charge in [0.15, 0.2) is 5.82 Å². The maximum absolute atomic E-state index is 12.1. The van der Waals surface area contributed by atoms with Gasteiger partial charge in [-0.15, -0.1) is 0 Å². The van der Waals surface area contributed by atoms with Crippen LogP contribution in [0.3, 0.4) is 0 Å². The predicted octanol–water partition coefficient (Wildman–Crippen LogP) is 2.04. The molecule has 0 bridgehead atoms. The zero-order valence-electron chi connectivity index (χ0n) is 15.3. The van der Waals surface area contributed by atoms with Crippen molar-refractivity contribution < 1.29 is 18.8 Å². The molecule has 0 unspecified atom stereocenters. The summed E-state index contributed by atoms with van der Waals surface area (Å²) in [5, 5.41) is 11.2. The zero-order chi connectivity index (χ0) is 20.1. The minimum atomic E-state index is -0.475. The first-order valence-corrected chi connectivity index (χ1v) is 8.81. The monoisotopic (exact) mass is 403 g/mol. The molecule has 1 aromatic carbocycles. The SMILES string of the molecule is COC(=O)c1ccc(Cl)c(Cc2noc(C(=O)NCCn3ccc(C)n3)n2)c1. The lowest BCUT2D eigenvalue weighted by Gasteiger charge is -2.04. The van der Waals surface area contributed by atoms with Crippen molar-refractivity contribution in [3.05, 3.63) is 64.0 Å². The molecule has 2 heterocycles. The lowest BCUT2D eigenvalue weighted by atomic mass is 10.1. The van der Waals surface area contributed by atoms with Crippen molar-refractivity contribution in [3.63, 3.8) is 0 Å². The number of methoxy groups -OCH3 is 1. The lowest BCUT2D eigenvalue weighted by Crippen LogP contribution is -2.27. The number of aromatic nitrogens is 4. The average Bonchev–Trinajstić information content (AvgIpc) is 3.32. The molecule has 0 aliphatic heterocycles. The van der Waals surface area contributed by atoms with E-state index in [1.54, 1.807) is 22.9 Å². The molecular weight excluding hydrogens is 386 g/mol. The molecule has 3 rings (SSSR count). The van der Waals surface area contributed by atoms with E-state index in [-0.39, 0.29) is 18.1 Å². The summed E-state index contributed by atoms with van der Waals surface area (Å²) in [6, 6.07) is 6.63. The van der Waals surface area contributed by atoms with E-state index >= 15 is 0 Å². The second kappa shape index (κ2) is 8.66. The van der Waals surface area contributed by atoms with Crippen molar-refractivity contribution in [1.82, 2.24) is 25.2 Å². The van der Waals surface area contributed by atoms with Gasteiger partial charge >= 0.3 is 17.8 Å². The van der Waals surface area contributed by atoms with Gasteiger partial charge in [-0.25, -0.2) is 4.79 Å². The molecule has 146 valence electrons. The third kappa shape index (κ3) is 4.74. The molecule has 9 nitrogen and oxygen atoms in total. The van der Waals surface area contributed by atoms with Crippen molar-refractivity contribution in [2.75, 3.05) is 13.7 Å². The van der Waals surface area contributed by atoms with Crippen molar-refractivity contribution >= 4 is 23.5 Å². The van der Waals surface area contributed by atoms with E-state index in [1.165, 1.54) is 7.11 Å². The molecule has 0 radical (unpaired) electrons. The molecule has 0 aliphatic carbocycles. The van der Waals surface area contributed by atoms with Gasteiger partial charge in [0.05, 0.1) is 24.9 Å². The summed E-state index contributed by atoms with van der Waals surface area (Å²) in [5.74, 6) is -0.820. The van der Waals surface area contributed by atoms with Crippen LogP contribution in [-0.4, -0.2) is 45.5 Å². The van der Waals surface area contributed by atoms with Crippen LogP contribution in [-0.2, 0) is 17.7 Å². The number of benzene rings is 1. The molecule has 0 atom stereocenters. The molecule has 0 saturated carbocycles. The number of nitrogens with one attached hydrogen (secondary N) is 1. The molecule has 0 spiro atoms. The molecule has 1 N–H and O–H groups in total. The first-order chi connectivity index (χ1) is 13.5. The molecular formula is C18H18ClN5O4. The number of carbonyl (C=O) groups excluding carboxylic acids is 2. The summed E-state index contributed by atoms with van der Waals surface area (Å²) in [6.07, 6.45) is 2.03. The summed E-state index contributed by atoms with van der Waals surface area (Å²) in [4.78, 5) is 27.9. The molecule has 10 heteroatoms. The van der Waals surface area contributed by atoms with E-state index in [0.717, 1.165) is 5.69 Å². The van der Waals surface area contributed by atoms with E-state index in [1.807, 2.05) is 19.2 Å². The average molecular weight is 404 g/mol. The largest absolute Gasteiger partial charge is 0.465 e. The maximum atomic E-state index is 12.1. The predicted molar refractivity (Wildman–Crippen MR) is 99.2 cm³/mol. The summed E-state index contributed by atoms with van der Waals surface area (Å²) >= 11 is 6.17. The minimum Gasteiger partial charge on any atom is -0.465 e. The molecule has 3 aromatic rings. The molecule has 0 fully saturated rings. The Bertz CT molecular complexity index is 998. The minimum absolute atomic E-state index is 0.146. The Morgan fingerprint density at radius 2 is 2.14 bits per heavy atom. The standard InChI is InChI=1S/C18H18ClN5O4/c1-11-5-7-24(22-11)8-6-20-16(25)17-21-15(23-28-17)10-13-9-12(18(26)27-2)3-4-14(13)19/h3-5,7,9H,6,8,10H2,1-2H3,(H,20,25). The van der Waals surface area contributed by atoms with Crippen molar-refractivity contribution in [2.45, 2.75) is 19.9 Å². The fraction of sp³-hybridized carbons (Fsp3) is 0.278. The molecule has 2 aromatic heterocycles. The Kier molecular flexibility index (Phi) is 6.05. The number of aryl methyl sites for hydroxylation is 1. The number of nitrogens with zero attached hydrogens (tertiary/aromatic N) is 4. The number of carbonyl (C=O) groups is 2. The van der Waals surface area contributed by atoms with Crippen molar-refractivity contribution in [3.8, 4) is 0 Å². The Balaban J connectivity index is 1.60. The van der Waals surface area contributed by atoms with Crippen molar-refractivity contribution in [1.29, 1.82) is 0 Å². The third-order valence-electron chi connectivity index (χ3n) is 3.88. The first kappa shape index (κ1) is 19.6. The van der Waals surface area contributed by atoms with Crippen LogP contribution in [0.25, 0.3) is 0 Å². The summed E-state index contributed by atoms with van der Waals surface area (Å²) in [5.41, 5.74) is 1.88. The Morgan fingerprint density at radius 1 is 1.32 bits per heavy atom. The van der Waals surface area contributed by atoms with Crippen LogP contribution in [0.5, 0.6) is 0 Å². The van der Waals surface area contributed by atoms with E-state index in [4.69, 9.17) is 20.9 Å². The van der Waals surface area contributed by atoms with E-state index in [2.05, 4.69) is 20.6 Å². The van der Waals surface area contributed by atoms with Crippen LogP contribution in [0.1, 0.15) is 38.1 Å². The van der Waals surface area contributed by atoms with Crippen LogP contribution < -0.4 is 5.32 Å². The van der Waals surface area contributed by atoms with Gasteiger partial charge < -0.3 is 14.6 Å². The van der Waals surface area contributed by atoms with E-state index < -0.39 is 11.9 Å². The second-order valence-electron chi connectivity index (χ2n) is 5.97. The topological polar surface area (TPSA) is 112 Å². The quantitative estimate of drug-likeness (QED) is 0.600. The first-order valence-electron chi connectivity index (χ1n) is 8.44. The Hall–Kier alpha value is -3.20. The van der Waals surface area contributed by atoms with Gasteiger partial charge in [-0.3, -0.25) is 9.48 Å². The van der Waals surface area contributed by atoms with Crippen LogP contribution in [0, 0.1) is 6.92 Å². The maximum Gasteiger partial charge on any atom is 0.337 e. The zero-order valence-corrected chi connectivity index (χ0v) is 16.1.